The number of hydrogen-bond acceptors (Lipinski definition) is 1. The zero-order chi connectivity index (χ0) is 13.3. The molecule has 1 aromatic carbocycles. The Bertz CT molecular complexity index is 342. The standard InChI is InChI=1S/C13H23ClNPS/c1-13(2,3)15(17(4,5)6)16(14)12-10-8-7-9-11-12/h7-11H,1-6H3. The Morgan fingerprint density at radius 2 is 1.53 bits per heavy atom. The molecule has 1 rings (SSSR count). The lowest BCUT2D eigenvalue weighted by Crippen LogP contribution is -2.39. The van der Waals surface area contributed by atoms with Gasteiger partial charge in [-0.15, -0.1) is 0 Å². The van der Waals surface area contributed by atoms with Gasteiger partial charge in [-0.2, -0.15) is 10.2 Å². The Balaban J connectivity index is 3.09. The lowest BCUT2D eigenvalue weighted by molar-refractivity contribution is 0.401. The average Bonchev–Trinajstić information content (AvgIpc) is 2.14. The van der Waals surface area contributed by atoms with Gasteiger partial charge in [0.25, 0.3) is 0 Å². The second-order valence-electron chi connectivity index (χ2n) is 5.81. The zero-order valence-corrected chi connectivity index (χ0v) is 14.0. The van der Waals surface area contributed by atoms with Crippen LogP contribution in [-0.4, -0.2) is 28.4 Å². The fourth-order valence-corrected chi connectivity index (χ4v) is 9.44. The summed E-state index contributed by atoms with van der Waals surface area (Å²) < 4.78 is 2.49. The highest BCUT2D eigenvalue weighted by atomic mass is 35.7. The summed E-state index contributed by atoms with van der Waals surface area (Å²) in [7, 11) is -1.61. The molecule has 0 N–H and O–H groups in total. The van der Waals surface area contributed by atoms with Crippen molar-refractivity contribution in [1.29, 1.82) is 0 Å². The number of nitrogens with zero attached hydrogens (tertiary/aromatic N) is 1. The van der Waals surface area contributed by atoms with Gasteiger partial charge in [-0.1, -0.05) is 41.6 Å². The van der Waals surface area contributed by atoms with Crippen LogP contribution in [0.4, 0.5) is 0 Å². The smallest absolute Gasteiger partial charge is 0.104 e. The molecule has 98 valence electrons. The first kappa shape index (κ1) is 15.3. The van der Waals surface area contributed by atoms with Gasteiger partial charge in [-0.05, 0) is 39.5 Å². The molecule has 0 aliphatic rings. The summed E-state index contributed by atoms with van der Waals surface area (Å²) in [6, 6.07) is 10.4. The van der Waals surface area contributed by atoms with Crippen molar-refractivity contribution in [3.63, 3.8) is 0 Å². The molecular weight excluding hydrogens is 269 g/mol. The van der Waals surface area contributed by atoms with Gasteiger partial charge in [0.2, 0.25) is 0 Å². The second-order valence-corrected chi connectivity index (χ2v) is 12.4. The summed E-state index contributed by atoms with van der Waals surface area (Å²) >= 11 is 6.75. The van der Waals surface area contributed by atoms with E-state index in [9.17, 15) is 0 Å². The predicted octanol–water partition coefficient (Wildman–Crippen LogP) is 4.57. The third-order valence-corrected chi connectivity index (χ3v) is 8.72. The van der Waals surface area contributed by atoms with Crippen molar-refractivity contribution in [2.75, 3.05) is 18.8 Å². The first-order valence-corrected chi connectivity index (χ1v) is 10.6. The van der Waals surface area contributed by atoms with Crippen LogP contribution in [0.5, 0.6) is 0 Å². The minimum Gasteiger partial charge on any atom is -0.224 e. The maximum atomic E-state index is 6.75. The van der Waals surface area contributed by atoms with Crippen molar-refractivity contribution in [3.05, 3.63) is 30.3 Å². The molecule has 0 amide bonds. The molecule has 0 spiro atoms. The fourth-order valence-electron chi connectivity index (χ4n) is 1.96. The van der Waals surface area contributed by atoms with Crippen molar-refractivity contribution >= 4 is 34.2 Å². The Hall–Kier alpha value is 0.250. The van der Waals surface area contributed by atoms with E-state index in [1.165, 1.54) is 5.30 Å². The average molecular weight is 292 g/mol. The minimum absolute atomic E-state index is 0.0941. The third-order valence-electron chi connectivity index (χ3n) is 2.22. The maximum Gasteiger partial charge on any atom is 0.104 e. The van der Waals surface area contributed by atoms with E-state index in [1.807, 2.05) is 6.07 Å². The molecule has 1 nitrogen and oxygen atoms in total. The summed E-state index contributed by atoms with van der Waals surface area (Å²) in [4.78, 5) is 0. The van der Waals surface area contributed by atoms with E-state index in [-0.39, 0.29) is 5.54 Å². The molecule has 0 aliphatic carbocycles. The van der Waals surface area contributed by atoms with Crippen LogP contribution >= 0.6 is 28.9 Å². The lowest BCUT2D eigenvalue weighted by atomic mass is 10.1. The molecule has 0 saturated heterocycles. The van der Waals surface area contributed by atoms with Crippen LogP contribution in [0.1, 0.15) is 20.8 Å². The van der Waals surface area contributed by atoms with Crippen molar-refractivity contribution in [1.82, 2.24) is 4.08 Å². The van der Waals surface area contributed by atoms with Gasteiger partial charge < -0.3 is 0 Å². The van der Waals surface area contributed by atoms with E-state index in [4.69, 9.17) is 11.2 Å². The molecule has 0 heterocycles. The van der Waals surface area contributed by atoms with E-state index in [0.717, 1.165) is 0 Å². The Morgan fingerprint density at radius 3 is 1.88 bits per heavy atom. The number of benzene rings is 1. The van der Waals surface area contributed by atoms with Gasteiger partial charge in [0.05, 0.1) is 0 Å². The molecule has 0 radical (unpaired) electrons. The summed E-state index contributed by atoms with van der Waals surface area (Å²) in [5.41, 5.74) is 0.0941. The molecule has 0 aliphatic heterocycles. The molecule has 17 heavy (non-hydrogen) atoms. The molecule has 4 heteroatoms. The molecule has 0 saturated carbocycles. The van der Waals surface area contributed by atoms with E-state index in [1.54, 1.807) is 0 Å². The van der Waals surface area contributed by atoms with Crippen LogP contribution in [0.25, 0.3) is 0 Å². The quantitative estimate of drug-likeness (QED) is 0.737. The second kappa shape index (κ2) is 5.48. The maximum absolute atomic E-state index is 6.75. The van der Waals surface area contributed by atoms with E-state index < -0.39 is 17.6 Å². The van der Waals surface area contributed by atoms with Gasteiger partial charge in [-0.25, -0.2) is 4.08 Å². The Labute approximate surface area is 114 Å². The molecule has 1 unspecified atom stereocenters. The SMILES string of the molecule is CC(C)(C)N(P(Cl)c1ccccc1)S(C)(C)C. The van der Waals surface area contributed by atoms with Crippen molar-refractivity contribution in [2.24, 2.45) is 0 Å². The highest BCUT2D eigenvalue weighted by molar-refractivity contribution is 8.33. The topological polar surface area (TPSA) is 3.24 Å². The summed E-state index contributed by atoms with van der Waals surface area (Å²) in [5.74, 6) is 0. The monoisotopic (exact) mass is 291 g/mol. The Morgan fingerprint density at radius 1 is 1.06 bits per heavy atom. The van der Waals surface area contributed by atoms with Crippen LogP contribution in [0.2, 0.25) is 0 Å². The zero-order valence-electron chi connectivity index (χ0n) is 11.6. The van der Waals surface area contributed by atoms with Crippen LogP contribution in [-0.2, 0) is 0 Å². The molecule has 0 aromatic heterocycles. The van der Waals surface area contributed by atoms with Crippen LogP contribution in [0, 0.1) is 0 Å². The molecule has 0 fully saturated rings. The Kier molecular flexibility index (Phi) is 4.94. The summed E-state index contributed by atoms with van der Waals surface area (Å²) in [5, 5.41) is 1.24. The van der Waals surface area contributed by atoms with Crippen LogP contribution in [0.15, 0.2) is 30.3 Å². The lowest BCUT2D eigenvalue weighted by Gasteiger charge is -2.50. The van der Waals surface area contributed by atoms with Gasteiger partial charge in [0.15, 0.2) is 0 Å². The first-order valence-electron chi connectivity index (χ1n) is 5.63. The first-order chi connectivity index (χ1) is 7.64. The fraction of sp³-hybridized carbons (Fsp3) is 0.538. The number of halogens is 1. The van der Waals surface area contributed by atoms with Gasteiger partial charge in [-0.3, -0.25) is 0 Å². The molecule has 1 atom stereocenters. The van der Waals surface area contributed by atoms with Crippen LogP contribution < -0.4 is 5.30 Å². The normalized spacial score (nSPS) is 16.0. The van der Waals surface area contributed by atoms with E-state index in [0.29, 0.717) is 0 Å². The van der Waals surface area contributed by atoms with E-state index >= 15 is 0 Å². The van der Waals surface area contributed by atoms with E-state index in [2.05, 4.69) is 67.9 Å². The van der Waals surface area contributed by atoms with Gasteiger partial charge in [0, 0.05) is 10.8 Å². The van der Waals surface area contributed by atoms with Gasteiger partial charge in [0.1, 0.15) is 7.43 Å². The molecular formula is C13H23ClNPS. The van der Waals surface area contributed by atoms with Crippen LogP contribution in [0.3, 0.4) is 0 Å². The molecule has 1 aromatic rings. The van der Waals surface area contributed by atoms with Crippen molar-refractivity contribution in [3.8, 4) is 0 Å². The van der Waals surface area contributed by atoms with Crippen molar-refractivity contribution in [2.45, 2.75) is 26.3 Å². The largest absolute Gasteiger partial charge is 0.224 e. The van der Waals surface area contributed by atoms with Crippen molar-refractivity contribution < 1.29 is 0 Å². The number of hydrogen-bond donors (Lipinski definition) is 0. The third kappa shape index (κ3) is 4.13. The minimum atomic E-state index is -0.840. The highest BCUT2D eigenvalue weighted by Gasteiger charge is 2.35. The summed E-state index contributed by atoms with van der Waals surface area (Å²) in [6.45, 7) is 6.73. The number of rotatable bonds is 3. The molecule has 0 bridgehead atoms. The highest BCUT2D eigenvalue weighted by Crippen LogP contribution is 2.62. The summed E-state index contributed by atoms with van der Waals surface area (Å²) in [6.07, 6.45) is 6.91. The van der Waals surface area contributed by atoms with Gasteiger partial charge >= 0.3 is 0 Å². The predicted molar refractivity (Wildman–Crippen MR) is 85.8 cm³/mol.